The zero-order chi connectivity index (χ0) is 34.3. The van der Waals surface area contributed by atoms with Crippen molar-refractivity contribution >= 4 is 43.3 Å². The zero-order valence-corrected chi connectivity index (χ0v) is 28.7. The van der Waals surface area contributed by atoms with Gasteiger partial charge in [0.15, 0.2) is 11.5 Å². The third kappa shape index (κ3) is 7.12. The Morgan fingerprint density at radius 2 is 1.82 bits per heavy atom. The van der Waals surface area contributed by atoms with E-state index in [0.717, 1.165) is 33.4 Å². The fourth-order valence-electron chi connectivity index (χ4n) is 6.28. The first-order valence-corrected chi connectivity index (χ1v) is 17.2. The number of aromatic nitrogens is 7. The van der Waals surface area contributed by atoms with Crippen LogP contribution in [0.4, 0.5) is 19.0 Å². The third-order valence-corrected chi connectivity index (χ3v) is 10.3. The van der Waals surface area contributed by atoms with E-state index in [0.29, 0.717) is 58.7 Å². The van der Waals surface area contributed by atoms with Crippen molar-refractivity contribution < 1.29 is 18.0 Å². The molecule has 49 heavy (non-hydrogen) atoms. The van der Waals surface area contributed by atoms with E-state index in [9.17, 15) is 18.0 Å². The molecule has 0 saturated carbocycles. The quantitative estimate of drug-likeness (QED) is 0.180. The van der Waals surface area contributed by atoms with Crippen molar-refractivity contribution in [1.82, 2.24) is 39.2 Å². The van der Waals surface area contributed by atoms with Crippen molar-refractivity contribution in [3.8, 4) is 33.1 Å². The van der Waals surface area contributed by atoms with Crippen LogP contribution >= 0.6 is 20.6 Å². The van der Waals surface area contributed by atoms with E-state index in [-0.39, 0.29) is 18.4 Å². The molecule has 1 amide bonds. The van der Waals surface area contributed by atoms with Gasteiger partial charge in [0, 0.05) is 43.0 Å². The summed E-state index contributed by atoms with van der Waals surface area (Å²) in [5.74, 6) is 0.114. The number of carbonyl (C=O) groups excluding carboxylic acids is 1. The number of alkyl halides is 3. The maximum Gasteiger partial charge on any atom is 0.390 e. The van der Waals surface area contributed by atoms with Crippen LogP contribution in [0.1, 0.15) is 46.2 Å². The summed E-state index contributed by atoms with van der Waals surface area (Å²) in [5.41, 5.74) is 6.24. The van der Waals surface area contributed by atoms with Crippen molar-refractivity contribution in [3.05, 3.63) is 83.4 Å². The summed E-state index contributed by atoms with van der Waals surface area (Å²) >= 11 is 1.29. The molecule has 0 radical (unpaired) electrons. The lowest BCUT2D eigenvalue weighted by Crippen LogP contribution is -2.36. The highest BCUT2D eigenvalue weighted by molar-refractivity contribution is 7.27. The van der Waals surface area contributed by atoms with E-state index in [1.807, 2.05) is 65.2 Å². The Bertz CT molecular complexity index is 2120. The number of imidazole rings is 1. The molecule has 1 aliphatic heterocycles. The minimum absolute atomic E-state index is 0.00699. The molecule has 15 heteroatoms. The molecular formula is C34H33F3N9OPS. The third-order valence-electron chi connectivity index (χ3n) is 8.69. The first-order chi connectivity index (χ1) is 23.5. The molecule has 1 fully saturated rings. The molecule has 6 aromatic rings. The number of rotatable bonds is 8. The Morgan fingerprint density at radius 3 is 2.53 bits per heavy atom. The van der Waals surface area contributed by atoms with Crippen molar-refractivity contribution in [3.63, 3.8) is 0 Å². The summed E-state index contributed by atoms with van der Waals surface area (Å²) in [6.07, 6.45) is 1.51. The van der Waals surface area contributed by atoms with Crippen molar-refractivity contribution in [1.29, 1.82) is 0 Å². The molecule has 7 rings (SSSR count). The second-order valence-electron chi connectivity index (χ2n) is 12.1. The second-order valence-corrected chi connectivity index (χ2v) is 13.8. The smallest absolute Gasteiger partial charge is 0.304 e. The number of amides is 1. The van der Waals surface area contributed by atoms with Crippen LogP contribution in [0.15, 0.2) is 67.1 Å². The number of likely N-dealkylation sites (tertiary alicyclic amines) is 1. The molecule has 10 nitrogen and oxygen atoms in total. The maximum absolute atomic E-state index is 13.3. The predicted octanol–water partition coefficient (Wildman–Crippen LogP) is 6.51. The largest absolute Gasteiger partial charge is 0.390 e. The van der Waals surface area contributed by atoms with Gasteiger partial charge in [0.1, 0.15) is 15.6 Å². The van der Waals surface area contributed by atoms with Gasteiger partial charge in [0.25, 0.3) is 5.91 Å². The lowest BCUT2D eigenvalue weighted by Gasteiger charge is -2.32. The van der Waals surface area contributed by atoms with Crippen LogP contribution in [-0.4, -0.2) is 71.0 Å². The number of anilines is 1. The summed E-state index contributed by atoms with van der Waals surface area (Å²) in [4.78, 5) is 29.0. The van der Waals surface area contributed by atoms with Crippen molar-refractivity contribution in [2.45, 2.75) is 38.3 Å². The van der Waals surface area contributed by atoms with Gasteiger partial charge in [-0.05, 0) is 62.4 Å². The van der Waals surface area contributed by atoms with E-state index >= 15 is 0 Å². The fraction of sp³-hybridized carbons (Fsp3) is 0.294. The number of fused-ring (bicyclic) bond motifs is 1. The van der Waals surface area contributed by atoms with E-state index in [2.05, 4.69) is 29.5 Å². The Balaban J connectivity index is 1.19. The maximum atomic E-state index is 13.3. The number of nitrogens with one attached hydrogen (secondary N) is 1. The topological polar surface area (TPSA) is 106 Å². The van der Waals surface area contributed by atoms with Gasteiger partial charge in [0.2, 0.25) is 0 Å². The lowest BCUT2D eigenvalue weighted by molar-refractivity contribution is -0.138. The van der Waals surface area contributed by atoms with Gasteiger partial charge in [-0.2, -0.15) is 23.4 Å². The molecule has 0 aliphatic carbocycles. The number of thiazole rings is 1. The SMILES string of the molecule is Cc1nc(-c2cccnc2)sc1C(=O)Nc1cn2nc(-c3c(-c4ccc(P)cc4)nn(C)c3C3CCN(CCC(F)(F)F)CC3)ccc2n1. The van der Waals surface area contributed by atoms with Gasteiger partial charge in [-0.15, -0.1) is 20.6 Å². The van der Waals surface area contributed by atoms with Crippen LogP contribution in [0.3, 0.4) is 0 Å². The number of carbonyl (C=O) groups is 1. The molecule has 5 aromatic heterocycles. The Hall–Kier alpha value is -4.52. The molecule has 1 aliphatic rings. The molecule has 1 aromatic carbocycles. The number of benzene rings is 1. The molecule has 1 unspecified atom stereocenters. The molecule has 1 atom stereocenters. The normalized spacial score (nSPS) is 14.5. The second kappa shape index (κ2) is 13.4. The highest BCUT2D eigenvalue weighted by atomic mass is 32.1. The summed E-state index contributed by atoms with van der Waals surface area (Å²) in [6, 6.07) is 15.5. The average molecular weight is 704 g/mol. The summed E-state index contributed by atoms with van der Waals surface area (Å²) in [7, 11) is 4.60. The van der Waals surface area contributed by atoms with E-state index in [4.69, 9.17) is 10.2 Å². The molecule has 252 valence electrons. The van der Waals surface area contributed by atoms with Crippen LogP contribution in [0.2, 0.25) is 0 Å². The first-order valence-electron chi connectivity index (χ1n) is 15.8. The lowest BCUT2D eigenvalue weighted by atomic mass is 9.88. The highest BCUT2D eigenvalue weighted by Gasteiger charge is 2.32. The number of hydrogen-bond acceptors (Lipinski definition) is 8. The van der Waals surface area contributed by atoms with Crippen LogP contribution in [0, 0.1) is 6.92 Å². The fourth-order valence-corrected chi connectivity index (χ4v) is 7.43. The molecular weight excluding hydrogens is 670 g/mol. The van der Waals surface area contributed by atoms with Crippen LogP contribution < -0.4 is 10.6 Å². The standard InChI is InChI=1S/C34H33F3N9OPS/c1-20-31(49-33(39-20)23-4-3-14-38-18-23)32(47)41-26-19-46-27(40-26)10-9-25(42-46)28-29(21-5-7-24(48)8-6-21)43-44(2)30(28)22-11-15-45(16-12-22)17-13-34(35,36)37/h3-10,14,18-19,22H,11-13,15-17,48H2,1-2H3,(H,41,47). The van der Waals surface area contributed by atoms with Gasteiger partial charge < -0.3 is 10.2 Å². The molecule has 0 bridgehead atoms. The Morgan fingerprint density at radius 1 is 1.04 bits per heavy atom. The predicted molar refractivity (Wildman–Crippen MR) is 187 cm³/mol. The number of hydrogen-bond donors (Lipinski definition) is 1. The molecule has 1 N–H and O–H groups in total. The minimum atomic E-state index is -4.17. The number of nitrogens with zero attached hydrogens (tertiary/aromatic N) is 8. The summed E-state index contributed by atoms with van der Waals surface area (Å²) in [6.45, 7) is 2.95. The first kappa shape index (κ1) is 33.0. The van der Waals surface area contributed by atoms with Crippen LogP contribution in [-0.2, 0) is 7.05 Å². The highest BCUT2D eigenvalue weighted by Crippen LogP contribution is 2.40. The van der Waals surface area contributed by atoms with Gasteiger partial charge in [0.05, 0.1) is 35.3 Å². The van der Waals surface area contributed by atoms with Gasteiger partial charge >= 0.3 is 6.18 Å². The van der Waals surface area contributed by atoms with E-state index < -0.39 is 12.6 Å². The van der Waals surface area contributed by atoms with Crippen LogP contribution in [0.5, 0.6) is 0 Å². The summed E-state index contributed by atoms with van der Waals surface area (Å²) < 4.78 is 42.2. The van der Waals surface area contributed by atoms with Crippen molar-refractivity contribution in [2.24, 2.45) is 7.05 Å². The van der Waals surface area contributed by atoms with E-state index in [1.54, 1.807) is 30.0 Å². The van der Waals surface area contributed by atoms with Gasteiger partial charge in [-0.1, -0.05) is 24.3 Å². The molecule has 1 saturated heterocycles. The minimum Gasteiger partial charge on any atom is -0.304 e. The number of aryl methyl sites for hydroxylation is 2. The zero-order valence-electron chi connectivity index (χ0n) is 26.8. The molecule has 0 spiro atoms. The van der Waals surface area contributed by atoms with Gasteiger partial charge in [-0.25, -0.2) is 14.5 Å². The van der Waals surface area contributed by atoms with Crippen LogP contribution in [0.25, 0.3) is 38.7 Å². The Labute approximate surface area is 286 Å². The monoisotopic (exact) mass is 703 g/mol. The van der Waals surface area contributed by atoms with Crippen molar-refractivity contribution in [2.75, 3.05) is 25.0 Å². The van der Waals surface area contributed by atoms with Gasteiger partial charge in [-0.3, -0.25) is 14.5 Å². The summed E-state index contributed by atoms with van der Waals surface area (Å²) in [5, 5.41) is 14.5. The Kier molecular flexibility index (Phi) is 9.03. The number of pyridine rings is 1. The number of halogens is 3. The molecule has 6 heterocycles. The number of piperidine rings is 1. The van der Waals surface area contributed by atoms with E-state index in [1.165, 1.54) is 11.3 Å². The average Bonchev–Trinajstić information content (AvgIpc) is 3.78.